The minimum absolute atomic E-state index is 0.112. The van der Waals surface area contributed by atoms with Crippen LogP contribution in [0.1, 0.15) is 49.9 Å². The molecule has 1 heteroatoms. The summed E-state index contributed by atoms with van der Waals surface area (Å²) in [7, 11) is 0. The van der Waals surface area contributed by atoms with E-state index in [0.717, 1.165) is 0 Å². The summed E-state index contributed by atoms with van der Waals surface area (Å²) in [4.78, 5) is 0. The van der Waals surface area contributed by atoms with Gasteiger partial charge in [-0.15, -0.1) is 11.3 Å². The Labute approximate surface area is 383 Å². The Balaban J connectivity index is 0.879. The van der Waals surface area contributed by atoms with Gasteiger partial charge in [-0.25, -0.2) is 0 Å². The summed E-state index contributed by atoms with van der Waals surface area (Å²) in [6, 6.07) is 73.7. The van der Waals surface area contributed by atoms with Crippen molar-refractivity contribution in [3.05, 3.63) is 216 Å². The molecule has 0 nitrogen and oxygen atoms in total. The maximum Gasteiger partial charge on any atom is 0.0433 e. The average molecular weight is 845 g/mol. The van der Waals surface area contributed by atoms with Crippen molar-refractivity contribution in [2.75, 3.05) is 0 Å². The summed E-state index contributed by atoms with van der Waals surface area (Å²) in [5.41, 5.74) is 18.4. The molecular weight excluding hydrogens is 801 g/mol. The monoisotopic (exact) mass is 844 g/mol. The first-order valence-electron chi connectivity index (χ1n) is 23.0. The van der Waals surface area contributed by atoms with Gasteiger partial charge in [0.1, 0.15) is 0 Å². The zero-order valence-electron chi connectivity index (χ0n) is 36.9. The van der Waals surface area contributed by atoms with Crippen LogP contribution in [0.15, 0.2) is 194 Å². The van der Waals surface area contributed by atoms with Crippen molar-refractivity contribution >= 4 is 74.6 Å². The van der Waals surface area contributed by atoms with E-state index in [-0.39, 0.29) is 10.8 Å². The summed E-state index contributed by atoms with van der Waals surface area (Å²) >= 11 is 1.93. The molecule has 0 spiro atoms. The van der Waals surface area contributed by atoms with E-state index in [1.807, 2.05) is 11.3 Å². The molecule has 0 atom stereocenters. The molecule has 65 heavy (non-hydrogen) atoms. The summed E-state index contributed by atoms with van der Waals surface area (Å²) in [5, 5.41) is 13.1. The molecule has 1 heterocycles. The van der Waals surface area contributed by atoms with Crippen LogP contribution < -0.4 is 0 Å². The molecule has 2 aliphatic carbocycles. The number of benzene rings is 11. The first kappa shape index (κ1) is 37.1. The van der Waals surface area contributed by atoms with Gasteiger partial charge in [0.15, 0.2) is 0 Å². The van der Waals surface area contributed by atoms with E-state index in [9.17, 15) is 0 Å². The molecule has 0 aliphatic heterocycles. The zero-order valence-corrected chi connectivity index (χ0v) is 37.7. The lowest BCUT2D eigenvalue weighted by atomic mass is 9.79. The van der Waals surface area contributed by atoms with Gasteiger partial charge in [-0.05, 0) is 145 Å². The van der Waals surface area contributed by atoms with Crippen LogP contribution in [0.5, 0.6) is 0 Å². The molecule has 0 unspecified atom stereocenters. The van der Waals surface area contributed by atoms with E-state index in [4.69, 9.17) is 0 Å². The maximum atomic E-state index is 2.51. The van der Waals surface area contributed by atoms with E-state index < -0.39 is 0 Å². The third-order valence-electron chi connectivity index (χ3n) is 15.4. The maximum absolute atomic E-state index is 2.51. The Hall–Kier alpha value is -7.32. The van der Waals surface area contributed by atoms with Gasteiger partial charge in [0, 0.05) is 31.0 Å². The Bertz CT molecular complexity index is 4000. The first-order valence-corrected chi connectivity index (χ1v) is 23.8. The van der Waals surface area contributed by atoms with Crippen LogP contribution in [0.4, 0.5) is 0 Å². The van der Waals surface area contributed by atoms with Gasteiger partial charge in [0.2, 0.25) is 0 Å². The van der Waals surface area contributed by atoms with Crippen molar-refractivity contribution in [3.8, 4) is 55.6 Å². The van der Waals surface area contributed by atoms with E-state index >= 15 is 0 Å². The molecule has 0 radical (unpaired) electrons. The van der Waals surface area contributed by atoms with Gasteiger partial charge in [-0.2, -0.15) is 0 Å². The molecule has 0 N–H and O–H groups in total. The Morgan fingerprint density at radius 3 is 1.57 bits per heavy atom. The molecule has 0 saturated carbocycles. The largest absolute Gasteiger partial charge is 0.135 e. The Morgan fingerprint density at radius 2 is 0.831 bits per heavy atom. The predicted molar refractivity (Wildman–Crippen MR) is 281 cm³/mol. The standard InChI is InChI=1S/C64H44S/c1-63(2)56-35-39(38-26-33-55-54(34-38)51-30-32-53-50(61(51)64(55,3)4)29-31-52-44-17-11-12-23-58(44)65-62(52)53)24-27-42(56)43-28-25-40(36-57(43)63)59-46-18-7-9-20-48(46)60(49-21-10-8-19-47(49)59)45-22-13-15-37-14-5-6-16-41(37)45/h5-36H,1-4H3. The van der Waals surface area contributed by atoms with Crippen molar-refractivity contribution in [1.29, 1.82) is 0 Å². The van der Waals surface area contributed by atoms with E-state index in [2.05, 4.69) is 222 Å². The average Bonchev–Trinajstić information content (AvgIpc) is 3.92. The third kappa shape index (κ3) is 5.02. The zero-order chi connectivity index (χ0) is 43.3. The molecule has 12 aromatic rings. The minimum atomic E-state index is -0.187. The lowest BCUT2D eigenvalue weighted by Gasteiger charge is -2.24. The lowest BCUT2D eigenvalue weighted by Crippen LogP contribution is -2.15. The van der Waals surface area contributed by atoms with Crippen LogP contribution >= 0.6 is 11.3 Å². The third-order valence-corrected chi connectivity index (χ3v) is 16.7. The molecule has 0 bridgehead atoms. The molecule has 11 aromatic carbocycles. The second kappa shape index (κ2) is 13.1. The van der Waals surface area contributed by atoms with E-state index in [1.165, 1.54) is 141 Å². The van der Waals surface area contributed by atoms with Gasteiger partial charge < -0.3 is 0 Å². The lowest BCUT2D eigenvalue weighted by molar-refractivity contribution is 0.661. The van der Waals surface area contributed by atoms with Crippen molar-refractivity contribution in [2.45, 2.75) is 38.5 Å². The topological polar surface area (TPSA) is 0 Å². The highest BCUT2D eigenvalue weighted by Crippen LogP contribution is 2.56. The molecule has 0 saturated heterocycles. The number of hydrogen-bond acceptors (Lipinski definition) is 1. The fourth-order valence-electron chi connectivity index (χ4n) is 12.4. The van der Waals surface area contributed by atoms with Crippen molar-refractivity contribution in [2.24, 2.45) is 0 Å². The second-order valence-electron chi connectivity index (χ2n) is 19.5. The highest BCUT2D eigenvalue weighted by molar-refractivity contribution is 7.26. The molecule has 0 amide bonds. The van der Waals surface area contributed by atoms with Crippen LogP contribution in [0.25, 0.3) is 119 Å². The number of hydrogen-bond donors (Lipinski definition) is 0. The first-order chi connectivity index (χ1) is 31.8. The SMILES string of the molecule is CC1(C)c2cc(-c3ccc4c(c3)-c3ccc5c(ccc6c7ccccc7sc56)c3C4(C)C)ccc2-c2ccc(-c3c4ccccc4c(-c4cccc5ccccc45)c4ccccc34)cc21. The molecule has 14 rings (SSSR count). The predicted octanol–water partition coefficient (Wildman–Crippen LogP) is 18.3. The highest BCUT2D eigenvalue weighted by atomic mass is 32.1. The second-order valence-corrected chi connectivity index (χ2v) is 20.6. The smallest absolute Gasteiger partial charge is 0.0433 e. The van der Waals surface area contributed by atoms with Crippen molar-refractivity contribution in [1.82, 2.24) is 0 Å². The molecule has 1 aromatic heterocycles. The number of fused-ring (bicyclic) bond motifs is 15. The van der Waals surface area contributed by atoms with Crippen molar-refractivity contribution < 1.29 is 0 Å². The van der Waals surface area contributed by atoms with Gasteiger partial charge in [0.25, 0.3) is 0 Å². The normalized spacial score (nSPS) is 14.4. The van der Waals surface area contributed by atoms with Crippen LogP contribution in [-0.2, 0) is 10.8 Å². The van der Waals surface area contributed by atoms with Gasteiger partial charge in [-0.3, -0.25) is 0 Å². The number of thiophene rings is 1. The Morgan fingerprint density at radius 1 is 0.308 bits per heavy atom. The highest BCUT2D eigenvalue weighted by Gasteiger charge is 2.39. The van der Waals surface area contributed by atoms with Gasteiger partial charge in [-0.1, -0.05) is 198 Å². The minimum Gasteiger partial charge on any atom is -0.135 e. The summed E-state index contributed by atoms with van der Waals surface area (Å²) in [5.74, 6) is 0. The van der Waals surface area contributed by atoms with Crippen LogP contribution in [0.3, 0.4) is 0 Å². The molecule has 2 aliphatic rings. The Kier molecular flexibility index (Phi) is 7.49. The van der Waals surface area contributed by atoms with Crippen LogP contribution in [0, 0.1) is 0 Å². The fourth-order valence-corrected chi connectivity index (χ4v) is 13.6. The molecular formula is C64H44S. The quantitative estimate of drug-likeness (QED) is 0.155. The molecule has 0 fully saturated rings. The fraction of sp³-hybridized carbons (Fsp3) is 0.0938. The molecule has 306 valence electrons. The van der Waals surface area contributed by atoms with Crippen LogP contribution in [-0.4, -0.2) is 0 Å². The summed E-state index contributed by atoms with van der Waals surface area (Å²) in [6.45, 7) is 9.68. The number of rotatable bonds is 3. The summed E-state index contributed by atoms with van der Waals surface area (Å²) < 4.78 is 2.75. The van der Waals surface area contributed by atoms with Crippen LogP contribution in [0.2, 0.25) is 0 Å². The van der Waals surface area contributed by atoms with Gasteiger partial charge in [0.05, 0.1) is 0 Å². The van der Waals surface area contributed by atoms with E-state index in [1.54, 1.807) is 0 Å². The van der Waals surface area contributed by atoms with Crippen molar-refractivity contribution in [3.63, 3.8) is 0 Å². The van der Waals surface area contributed by atoms with E-state index in [0.29, 0.717) is 0 Å². The van der Waals surface area contributed by atoms with Gasteiger partial charge >= 0.3 is 0 Å². The summed E-state index contributed by atoms with van der Waals surface area (Å²) in [6.07, 6.45) is 0.